The number of hydrogen-bond donors (Lipinski definition) is 1. The molecular formula is C18H21N5O3. The van der Waals surface area contributed by atoms with Crippen LogP contribution < -0.4 is 9.64 Å². The van der Waals surface area contributed by atoms with Gasteiger partial charge in [-0.15, -0.1) is 0 Å². The molecule has 136 valence electrons. The molecule has 2 aliphatic rings. The summed E-state index contributed by atoms with van der Waals surface area (Å²) in [5.41, 5.74) is 2.73. The van der Waals surface area contributed by atoms with Crippen molar-refractivity contribution in [3.63, 3.8) is 0 Å². The van der Waals surface area contributed by atoms with E-state index in [1.54, 1.807) is 28.1 Å². The largest absolute Gasteiger partial charge is 0.495 e. The molecular weight excluding hydrogens is 334 g/mol. The maximum Gasteiger partial charge on any atom is 0.325 e. The highest BCUT2D eigenvalue weighted by Crippen LogP contribution is 2.30. The van der Waals surface area contributed by atoms with Gasteiger partial charge in [-0.05, 0) is 12.1 Å². The Bertz CT molecular complexity index is 834. The van der Waals surface area contributed by atoms with Gasteiger partial charge in [-0.2, -0.15) is 0 Å². The molecule has 3 heterocycles. The van der Waals surface area contributed by atoms with Crippen LogP contribution in [0.3, 0.4) is 0 Å². The van der Waals surface area contributed by atoms with Gasteiger partial charge in [0.05, 0.1) is 37.1 Å². The third kappa shape index (κ3) is 2.87. The van der Waals surface area contributed by atoms with E-state index in [4.69, 9.17) is 4.74 Å². The number of methoxy groups -OCH3 is 1. The van der Waals surface area contributed by atoms with Crippen LogP contribution in [0.2, 0.25) is 0 Å². The summed E-state index contributed by atoms with van der Waals surface area (Å²) < 4.78 is 5.35. The molecule has 1 fully saturated rings. The SMILES string of the molecule is COc1ccccc1N1CCN(CC(=O)N2CCc3nc[nH]c3C2)C1=O. The molecule has 1 aromatic carbocycles. The summed E-state index contributed by atoms with van der Waals surface area (Å²) in [6, 6.07) is 7.25. The van der Waals surface area contributed by atoms with Gasteiger partial charge >= 0.3 is 6.03 Å². The fraction of sp³-hybridized carbons (Fsp3) is 0.389. The number of nitrogens with one attached hydrogen (secondary N) is 1. The minimum absolute atomic E-state index is 0.0412. The van der Waals surface area contributed by atoms with Crippen molar-refractivity contribution < 1.29 is 14.3 Å². The molecule has 3 amide bonds. The van der Waals surface area contributed by atoms with Gasteiger partial charge in [-0.1, -0.05) is 12.1 Å². The number of aromatic amines is 1. The third-order valence-corrected chi connectivity index (χ3v) is 4.92. The lowest BCUT2D eigenvalue weighted by Gasteiger charge is -2.28. The van der Waals surface area contributed by atoms with Crippen LogP contribution >= 0.6 is 0 Å². The summed E-state index contributed by atoms with van der Waals surface area (Å²) in [5, 5.41) is 0. The lowest BCUT2D eigenvalue weighted by atomic mass is 10.1. The number of para-hydroxylation sites is 2. The van der Waals surface area contributed by atoms with Gasteiger partial charge in [0, 0.05) is 26.1 Å². The molecule has 0 spiro atoms. The van der Waals surface area contributed by atoms with Crippen LogP contribution in [0, 0.1) is 0 Å². The quantitative estimate of drug-likeness (QED) is 0.895. The number of rotatable bonds is 4. The van der Waals surface area contributed by atoms with Crippen LogP contribution in [0.1, 0.15) is 11.4 Å². The summed E-state index contributed by atoms with van der Waals surface area (Å²) in [6.07, 6.45) is 2.40. The third-order valence-electron chi connectivity index (χ3n) is 4.92. The second-order valence-electron chi connectivity index (χ2n) is 6.42. The topological polar surface area (TPSA) is 81.8 Å². The van der Waals surface area contributed by atoms with Crippen molar-refractivity contribution in [2.45, 2.75) is 13.0 Å². The first-order valence-corrected chi connectivity index (χ1v) is 8.65. The maximum absolute atomic E-state index is 12.8. The molecule has 0 atom stereocenters. The Kier molecular flexibility index (Phi) is 4.24. The fourth-order valence-corrected chi connectivity index (χ4v) is 3.49. The number of ether oxygens (including phenoxy) is 1. The number of fused-ring (bicyclic) bond motifs is 1. The first-order chi connectivity index (χ1) is 12.7. The van der Waals surface area contributed by atoms with Crippen molar-refractivity contribution in [1.82, 2.24) is 19.8 Å². The first kappa shape index (κ1) is 16.4. The molecule has 0 bridgehead atoms. The summed E-state index contributed by atoms with van der Waals surface area (Å²) in [7, 11) is 1.58. The second-order valence-corrected chi connectivity index (χ2v) is 6.42. The molecule has 1 saturated heterocycles. The Morgan fingerprint density at radius 2 is 2.12 bits per heavy atom. The van der Waals surface area contributed by atoms with E-state index < -0.39 is 0 Å². The zero-order chi connectivity index (χ0) is 18.1. The van der Waals surface area contributed by atoms with Crippen LogP contribution in [0.5, 0.6) is 5.75 Å². The molecule has 2 aliphatic heterocycles. The molecule has 0 radical (unpaired) electrons. The number of benzene rings is 1. The van der Waals surface area contributed by atoms with Gasteiger partial charge in [-0.25, -0.2) is 9.78 Å². The lowest BCUT2D eigenvalue weighted by Crippen LogP contribution is -2.44. The monoisotopic (exact) mass is 355 g/mol. The predicted molar refractivity (Wildman–Crippen MR) is 95.0 cm³/mol. The maximum atomic E-state index is 12.8. The van der Waals surface area contributed by atoms with Crippen molar-refractivity contribution >= 4 is 17.6 Å². The number of amides is 3. The smallest absolute Gasteiger partial charge is 0.325 e. The Morgan fingerprint density at radius 3 is 2.96 bits per heavy atom. The van der Waals surface area contributed by atoms with E-state index in [1.807, 2.05) is 24.3 Å². The van der Waals surface area contributed by atoms with Crippen LogP contribution in [0.4, 0.5) is 10.5 Å². The molecule has 4 rings (SSSR count). The second kappa shape index (κ2) is 6.70. The van der Waals surface area contributed by atoms with Gasteiger partial charge in [-0.3, -0.25) is 9.69 Å². The first-order valence-electron chi connectivity index (χ1n) is 8.65. The Balaban J connectivity index is 1.42. The highest BCUT2D eigenvalue weighted by Gasteiger charge is 2.33. The van der Waals surface area contributed by atoms with Crippen LogP contribution in [-0.4, -0.2) is 65.0 Å². The molecule has 2 aromatic rings. The van der Waals surface area contributed by atoms with E-state index in [0.717, 1.165) is 23.5 Å². The number of imidazole rings is 1. The number of carbonyl (C=O) groups excluding carboxylic acids is 2. The zero-order valence-electron chi connectivity index (χ0n) is 14.6. The number of carbonyl (C=O) groups is 2. The lowest BCUT2D eigenvalue weighted by molar-refractivity contribution is -0.132. The molecule has 0 unspecified atom stereocenters. The van der Waals surface area contributed by atoms with E-state index in [1.165, 1.54) is 0 Å². The average molecular weight is 355 g/mol. The zero-order valence-corrected chi connectivity index (χ0v) is 14.6. The minimum Gasteiger partial charge on any atom is -0.495 e. The molecule has 26 heavy (non-hydrogen) atoms. The van der Waals surface area contributed by atoms with E-state index in [-0.39, 0.29) is 18.5 Å². The Morgan fingerprint density at radius 1 is 1.27 bits per heavy atom. The number of hydrogen-bond acceptors (Lipinski definition) is 4. The van der Waals surface area contributed by atoms with E-state index in [2.05, 4.69) is 9.97 Å². The van der Waals surface area contributed by atoms with Gasteiger partial charge in [0.25, 0.3) is 0 Å². The van der Waals surface area contributed by atoms with Crippen LogP contribution in [0.15, 0.2) is 30.6 Å². The van der Waals surface area contributed by atoms with E-state index in [0.29, 0.717) is 31.9 Å². The molecule has 1 aromatic heterocycles. The van der Waals surface area contributed by atoms with Gasteiger partial charge < -0.3 is 19.5 Å². The molecule has 1 N–H and O–H groups in total. The highest BCUT2D eigenvalue weighted by atomic mass is 16.5. The number of nitrogens with zero attached hydrogens (tertiary/aromatic N) is 4. The summed E-state index contributed by atoms with van der Waals surface area (Å²) in [4.78, 5) is 37.8. The van der Waals surface area contributed by atoms with Crippen molar-refractivity contribution in [2.24, 2.45) is 0 Å². The highest BCUT2D eigenvalue weighted by molar-refractivity contribution is 5.97. The van der Waals surface area contributed by atoms with Crippen molar-refractivity contribution in [2.75, 3.05) is 38.2 Å². The molecule has 8 heteroatoms. The van der Waals surface area contributed by atoms with Crippen LogP contribution in [0.25, 0.3) is 0 Å². The summed E-state index contributed by atoms with van der Waals surface area (Å²) in [5.74, 6) is 0.609. The Labute approximate surface area is 151 Å². The van der Waals surface area contributed by atoms with Gasteiger partial charge in [0.1, 0.15) is 12.3 Å². The van der Waals surface area contributed by atoms with Crippen molar-refractivity contribution in [1.29, 1.82) is 0 Å². The van der Waals surface area contributed by atoms with Gasteiger partial charge in [0.2, 0.25) is 5.91 Å². The Hall–Kier alpha value is -3.03. The number of H-pyrrole nitrogens is 1. The number of anilines is 1. The van der Waals surface area contributed by atoms with Crippen LogP contribution in [-0.2, 0) is 17.8 Å². The standard InChI is InChI=1S/C18H21N5O3/c1-26-16-5-3-2-4-15(16)23-9-8-22(18(23)25)11-17(24)21-7-6-13-14(10-21)20-12-19-13/h2-5,12H,6-11H2,1H3,(H,19,20). The average Bonchev–Trinajstić information content (AvgIpc) is 3.28. The van der Waals surface area contributed by atoms with E-state index >= 15 is 0 Å². The minimum atomic E-state index is -0.165. The fourth-order valence-electron chi connectivity index (χ4n) is 3.49. The summed E-state index contributed by atoms with van der Waals surface area (Å²) in [6.45, 7) is 2.30. The van der Waals surface area contributed by atoms with E-state index in [9.17, 15) is 9.59 Å². The normalized spacial score (nSPS) is 16.8. The molecule has 0 saturated carbocycles. The van der Waals surface area contributed by atoms with Gasteiger partial charge in [0.15, 0.2) is 0 Å². The molecule has 8 nitrogen and oxygen atoms in total. The number of aromatic nitrogens is 2. The summed E-state index contributed by atoms with van der Waals surface area (Å²) >= 11 is 0. The number of urea groups is 1. The van der Waals surface area contributed by atoms with Crippen molar-refractivity contribution in [3.05, 3.63) is 42.0 Å². The van der Waals surface area contributed by atoms with Crippen molar-refractivity contribution in [3.8, 4) is 5.75 Å². The predicted octanol–water partition coefficient (Wildman–Crippen LogP) is 1.25. The molecule has 0 aliphatic carbocycles.